The molecule has 8 heteroatoms. The first-order valence-corrected chi connectivity index (χ1v) is 8.14. The quantitative estimate of drug-likeness (QED) is 0.571. The molecule has 2 rings (SSSR count). The maximum Gasteiger partial charge on any atom is 0.332 e. The van der Waals surface area contributed by atoms with Crippen LogP contribution < -0.4 is 5.73 Å². The molecule has 29 heavy (non-hydrogen) atoms. The van der Waals surface area contributed by atoms with E-state index in [1.807, 2.05) is 12.1 Å². The van der Waals surface area contributed by atoms with E-state index in [0.717, 1.165) is 5.56 Å². The second-order valence-corrected chi connectivity index (χ2v) is 5.82. The summed E-state index contributed by atoms with van der Waals surface area (Å²) in [7, 11) is 0. The molecule has 2 aromatic rings. The average Bonchev–Trinajstić information content (AvgIpc) is 2.69. The first-order chi connectivity index (χ1) is 13.3. The van der Waals surface area contributed by atoms with Gasteiger partial charge in [-0.05, 0) is 41.8 Å². The van der Waals surface area contributed by atoms with E-state index in [-0.39, 0.29) is 20.3 Å². The zero-order valence-corrected chi connectivity index (χ0v) is 14.8. The van der Waals surface area contributed by atoms with Gasteiger partial charge in [0.1, 0.15) is 6.04 Å². The van der Waals surface area contributed by atoms with Crippen LogP contribution in [-0.4, -0.2) is 39.4 Å². The largest absolute Gasteiger partial charge is 0.480 e. The molecule has 2 aromatic carbocycles. The van der Waals surface area contributed by atoms with Crippen LogP contribution in [0.3, 0.4) is 0 Å². The second kappa shape index (κ2) is 12.6. The highest BCUT2D eigenvalue weighted by atomic mass is 16.4. The smallest absolute Gasteiger partial charge is 0.332 e. The summed E-state index contributed by atoms with van der Waals surface area (Å²) in [4.78, 5) is 20.8. The third-order valence-electron chi connectivity index (χ3n) is 3.65. The summed E-state index contributed by atoms with van der Waals surface area (Å²) in [5, 5.41) is 43.1. The summed E-state index contributed by atoms with van der Waals surface area (Å²) in [5.74, 6) is -2.26. The molecule has 0 radical (unpaired) electrons. The van der Waals surface area contributed by atoms with E-state index in [0.29, 0.717) is 16.7 Å². The first kappa shape index (κ1) is 25.3. The molecule has 0 saturated heterocycles. The molecule has 0 unspecified atom stereocenters. The lowest BCUT2D eigenvalue weighted by atomic mass is 10.1. The Morgan fingerprint density at radius 1 is 0.828 bits per heavy atom. The number of hydrogen-bond acceptors (Lipinski definition) is 6. The number of carbonyl (C=O) groups is 2. The van der Waals surface area contributed by atoms with Gasteiger partial charge >= 0.3 is 11.9 Å². The van der Waals surface area contributed by atoms with Crippen molar-refractivity contribution < 1.29 is 24.9 Å². The van der Waals surface area contributed by atoms with Crippen molar-refractivity contribution in [1.82, 2.24) is 0 Å². The molecule has 8 nitrogen and oxygen atoms in total. The minimum absolute atomic E-state index is 0. The number of benzene rings is 2. The molecule has 0 amide bonds. The number of nitrogens with zero attached hydrogens (tertiary/aromatic N) is 2. The minimum Gasteiger partial charge on any atom is -0.480 e. The highest BCUT2D eigenvalue weighted by Gasteiger charge is 2.13. The van der Waals surface area contributed by atoms with E-state index in [4.69, 9.17) is 31.6 Å². The molecular weight excluding hydrogens is 374 g/mol. The van der Waals surface area contributed by atoms with Crippen LogP contribution in [0.4, 0.5) is 0 Å². The first-order valence-electron chi connectivity index (χ1n) is 8.14. The Morgan fingerprint density at radius 3 is 1.52 bits per heavy atom. The molecule has 0 fully saturated rings. The number of aliphatic hydroxyl groups excluding tert-OH is 1. The van der Waals surface area contributed by atoms with E-state index < -0.39 is 24.1 Å². The van der Waals surface area contributed by atoms with Gasteiger partial charge in [0.15, 0.2) is 6.10 Å². The molecule has 0 spiro atoms. The summed E-state index contributed by atoms with van der Waals surface area (Å²) in [6.45, 7) is 0. The molecule has 0 bridgehead atoms. The number of aliphatic carboxylic acids is 2. The topological polar surface area (TPSA) is 168 Å². The molecule has 2 atom stereocenters. The van der Waals surface area contributed by atoms with E-state index in [1.165, 1.54) is 0 Å². The van der Waals surface area contributed by atoms with Crippen LogP contribution in [0.2, 0.25) is 0 Å². The van der Waals surface area contributed by atoms with Crippen LogP contribution >= 0.6 is 0 Å². The fourth-order valence-electron chi connectivity index (χ4n) is 2.08. The van der Waals surface area contributed by atoms with Crippen molar-refractivity contribution in [1.29, 1.82) is 10.5 Å². The van der Waals surface area contributed by atoms with Gasteiger partial charge in [0, 0.05) is 6.42 Å². The van der Waals surface area contributed by atoms with Crippen molar-refractivity contribution in [2.24, 2.45) is 5.73 Å². The Balaban J connectivity index is 0.000000523. The average molecular weight is 397 g/mol. The number of nitriles is 2. The van der Waals surface area contributed by atoms with Gasteiger partial charge in [-0.1, -0.05) is 31.7 Å². The monoisotopic (exact) mass is 397 g/mol. The predicted octanol–water partition coefficient (Wildman–Crippen LogP) is 1.70. The molecule has 0 heterocycles. The molecule has 5 N–H and O–H groups in total. The Labute approximate surface area is 169 Å². The van der Waals surface area contributed by atoms with E-state index in [1.54, 1.807) is 48.5 Å². The highest BCUT2D eigenvalue weighted by Crippen LogP contribution is 2.07. The van der Waals surface area contributed by atoms with Crippen LogP contribution in [0.5, 0.6) is 0 Å². The van der Waals surface area contributed by atoms with Crippen LogP contribution in [-0.2, 0) is 22.4 Å². The normalized spacial score (nSPS) is 11.3. The van der Waals surface area contributed by atoms with Gasteiger partial charge in [-0.15, -0.1) is 0 Å². The Bertz CT molecular complexity index is 805. The SMILES string of the molecule is C.N#Cc1ccc(C[C@@H](N)C(=O)O)cc1.N#Cc1ccc(C[C@@H](O)C(=O)O)cc1. The van der Waals surface area contributed by atoms with Crippen LogP contribution in [0.15, 0.2) is 48.5 Å². The third kappa shape index (κ3) is 9.16. The lowest BCUT2D eigenvalue weighted by Gasteiger charge is -2.05. The van der Waals surface area contributed by atoms with Crippen molar-refractivity contribution in [2.75, 3.05) is 0 Å². The summed E-state index contributed by atoms with van der Waals surface area (Å²) in [6, 6.07) is 16.2. The van der Waals surface area contributed by atoms with Gasteiger partial charge in [0.05, 0.1) is 23.3 Å². The van der Waals surface area contributed by atoms with Gasteiger partial charge in [-0.3, -0.25) is 4.79 Å². The number of hydrogen-bond donors (Lipinski definition) is 4. The van der Waals surface area contributed by atoms with Gasteiger partial charge < -0.3 is 21.1 Å². The van der Waals surface area contributed by atoms with Crippen molar-refractivity contribution in [3.05, 3.63) is 70.8 Å². The maximum atomic E-state index is 10.4. The van der Waals surface area contributed by atoms with Crippen molar-refractivity contribution in [3.63, 3.8) is 0 Å². The molecular formula is C21H23N3O5. The Hall–Kier alpha value is -3.72. The fourth-order valence-corrected chi connectivity index (χ4v) is 2.08. The van der Waals surface area contributed by atoms with Gasteiger partial charge in [0.25, 0.3) is 0 Å². The molecule has 152 valence electrons. The Morgan fingerprint density at radius 2 is 1.21 bits per heavy atom. The maximum absolute atomic E-state index is 10.4. The van der Waals surface area contributed by atoms with Crippen molar-refractivity contribution in [3.8, 4) is 12.1 Å². The van der Waals surface area contributed by atoms with Gasteiger partial charge in [-0.2, -0.15) is 10.5 Å². The number of rotatable bonds is 6. The highest BCUT2D eigenvalue weighted by molar-refractivity contribution is 5.73. The molecule has 0 aromatic heterocycles. The summed E-state index contributed by atoms with van der Waals surface area (Å²) < 4.78 is 0. The molecule has 0 saturated carbocycles. The summed E-state index contributed by atoms with van der Waals surface area (Å²) in [6.07, 6.45) is -1.05. The van der Waals surface area contributed by atoms with Crippen molar-refractivity contribution in [2.45, 2.75) is 32.4 Å². The van der Waals surface area contributed by atoms with Gasteiger partial charge in [0.2, 0.25) is 0 Å². The minimum atomic E-state index is -1.39. The predicted molar refractivity (Wildman–Crippen MR) is 106 cm³/mol. The molecule has 0 aliphatic rings. The second-order valence-electron chi connectivity index (χ2n) is 5.82. The molecule has 0 aliphatic carbocycles. The Kier molecular flexibility index (Phi) is 11.0. The van der Waals surface area contributed by atoms with E-state index in [2.05, 4.69) is 0 Å². The summed E-state index contributed by atoms with van der Waals surface area (Å²) >= 11 is 0. The van der Waals surface area contributed by atoms with Gasteiger partial charge in [-0.25, -0.2) is 4.79 Å². The zero-order valence-electron chi connectivity index (χ0n) is 14.8. The lowest BCUT2D eigenvalue weighted by Crippen LogP contribution is -2.32. The van der Waals surface area contributed by atoms with Crippen molar-refractivity contribution >= 4 is 11.9 Å². The summed E-state index contributed by atoms with van der Waals surface area (Å²) in [5.41, 5.74) is 7.93. The number of aliphatic hydroxyl groups is 1. The van der Waals surface area contributed by atoms with Crippen LogP contribution in [0, 0.1) is 22.7 Å². The number of carboxylic acid groups (broad SMARTS) is 2. The zero-order chi connectivity index (χ0) is 21.1. The van der Waals surface area contributed by atoms with E-state index >= 15 is 0 Å². The van der Waals surface area contributed by atoms with E-state index in [9.17, 15) is 9.59 Å². The third-order valence-corrected chi connectivity index (χ3v) is 3.65. The number of carboxylic acids is 2. The van der Waals surface area contributed by atoms with Crippen LogP contribution in [0.25, 0.3) is 0 Å². The molecule has 0 aliphatic heterocycles. The lowest BCUT2D eigenvalue weighted by molar-refractivity contribution is -0.146. The standard InChI is InChI=1S/C10H10N2O2.C10H9NO3.CH4/c2*11-6-8-3-1-7(2-4-8)5-9(12)10(13)14;/h1-4,9H,5,12H2,(H,13,14);1-4,9,12H,5H2,(H,13,14);1H4/t2*9-;/m11./s1. The van der Waals surface area contributed by atoms with Crippen LogP contribution in [0.1, 0.15) is 29.7 Å². The number of nitrogens with two attached hydrogens (primary N) is 1. The fraction of sp³-hybridized carbons (Fsp3) is 0.238.